The molecule has 18 heavy (non-hydrogen) atoms. The van der Waals surface area contributed by atoms with Crippen LogP contribution in [-0.4, -0.2) is 9.91 Å². The number of hydrogen-bond donors (Lipinski definition) is 0. The Kier molecular flexibility index (Phi) is 2.70. The van der Waals surface area contributed by atoms with Crippen molar-refractivity contribution in [2.45, 2.75) is 31.6 Å². The Morgan fingerprint density at radius 1 is 1.17 bits per heavy atom. The first-order valence-electron chi connectivity index (χ1n) is 6.30. The number of nitro groups is 1. The van der Waals surface area contributed by atoms with Crippen molar-refractivity contribution in [2.75, 3.05) is 0 Å². The van der Waals surface area contributed by atoms with Crippen LogP contribution in [0.25, 0.3) is 10.9 Å². The molecule has 0 unspecified atom stereocenters. The van der Waals surface area contributed by atoms with Crippen LogP contribution in [-0.2, 0) is 0 Å². The highest BCUT2D eigenvalue weighted by Crippen LogP contribution is 2.34. The summed E-state index contributed by atoms with van der Waals surface area (Å²) >= 11 is 0. The zero-order chi connectivity index (χ0) is 12.5. The van der Waals surface area contributed by atoms with E-state index >= 15 is 0 Å². The smallest absolute Gasteiger partial charge is 0.258 e. The molecule has 0 spiro atoms. The predicted molar refractivity (Wildman–Crippen MR) is 69.6 cm³/mol. The number of pyridine rings is 1. The van der Waals surface area contributed by atoms with E-state index in [0.717, 1.165) is 23.9 Å². The van der Waals surface area contributed by atoms with Gasteiger partial charge in [0.15, 0.2) is 0 Å². The number of rotatable bonds is 2. The fourth-order valence-electron chi connectivity index (χ4n) is 2.74. The number of fused-ring (bicyclic) bond motifs is 1. The molecule has 1 saturated carbocycles. The first-order valence-corrected chi connectivity index (χ1v) is 6.30. The Labute approximate surface area is 105 Å². The second-order valence-electron chi connectivity index (χ2n) is 4.82. The van der Waals surface area contributed by atoms with Crippen LogP contribution in [0.4, 0.5) is 5.69 Å². The molecule has 1 aliphatic carbocycles. The van der Waals surface area contributed by atoms with E-state index < -0.39 is 0 Å². The van der Waals surface area contributed by atoms with Gasteiger partial charge in [-0.15, -0.1) is 0 Å². The van der Waals surface area contributed by atoms with Gasteiger partial charge < -0.3 is 0 Å². The molecule has 3 rings (SSSR count). The van der Waals surface area contributed by atoms with Gasteiger partial charge in [-0.2, -0.15) is 0 Å². The van der Waals surface area contributed by atoms with Crippen LogP contribution in [0.3, 0.4) is 0 Å². The molecule has 1 heterocycles. The molecule has 1 aliphatic rings. The summed E-state index contributed by atoms with van der Waals surface area (Å²) in [5, 5.41) is 11.9. The summed E-state index contributed by atoms with van der Waals surface area (Å²) in [7, 11) is 0. The second kappa shape index (κ2) is 4.37. The Morgan fingerprint density at radius 2 is 1.94 bits per heavy atom. The molecule has 1 aromatic heterocycles. The summed E-state index contributed by atoms with van der Waals surface area (Å²) in [6.45, 7) is 0. The number of para-hydroxylation sites is 1. The minimum absolute atomic E-state index is 0.104. The zero-order valence-corrected chi connectivity index (χ0v) is 10.0. The number of nitrogens with zero attached hydrogens (tertiary/aromatic N) is 2. The lowest BCUT2D eigenvalue weighted by molar-refractivity contribution is -0.383. The molecule has 0 radical (unpaired) electrons. The highest BCUT2D eigenvalue weighted by molar-refractivity contribution is 5.87. The zero-order valence-electron chi connectivity index (χ0n) is 10.0. The third kappa shape index (κ3) is 1.83. The number of aromatic nitrogens is 1. The predicted octanol–water partition coefficient (Wildman–Crippen LogP) is 3.80. The molecule has 4 heteroatoms. The van der Waals surface area contributed by atoms with Gasteiger partial charge in [-0.3, -0.25) is 10.1 Å². The molecule has 1 aromatic carbocycles. The van der Waals surface area contributed by atoms with E-state index in [1.165, 1.54) is 18.9 Å². The van der Waals surface area contributed by atoms with Gasteiger partial charge in [-0.05, 0) is 18.9 Å². The maximum Gasteiger partial charge on any atom is 0.295 e. The molecule has 0 amide bonds. The van der Waals surface area contributed by atoms with Gasteiger partial charge in [0.25, 0.3) is 5.69 Å². The maximum atomic E-state index is 11.0. The molecule has 1 fully saturated rings. The van der Waals surface area contributed by atoms with E-state index in [1.54, 1.807) is 6.07 Å². The second-order valence-corrected chi connectivity index (χ2v) is 4.82. The van der Waals surface area contributed by atoms with Crippen molar-refractivity contribution in [3.05, 3.63) is 46.1 Å². The van der Waals surface area contributed by atoms with Crippen LogP contribution in [0, 0.1) is 10.1 Å². The lowest BCUT2D eigenvalue weighted by Crippen LogP contribution is -1.98. The van der Waals surface area contributed by atoms with Crippen LogP contribution < -0.4 is 0 Å². The third-order valence-electron chi connectivity index (χ3n) is 3.69. The van der Waals surface area contributed by atoms with Crippen LogP contribution in [0.2, 0.25) is 0 Å². The fourth-order valence-corrected chi connectivity index (χ4v) is 2.74. The molecule has 92 valence electrons. The third-order valence-corrected chi connectivity index (χ3v) is 3.69. The van der Waals surface area contributed by atoms with E-state index in [9.17, 15) is 10.1 Å². The highest BCUT2D eigenvalue weighted by atomic mass is 16.6. The standard InChI is InChI=1S/C14H14N2O2/c17-16(18)13-7-3-6-11-8-9-12(15-14(11)13)10-4-1-2-5-10/h3,6-10H,1-2,4-5H2. The molecule has 4 nitrogen and oxygen atoms in total. The van der Waals surface area contributed by atoms with E-state index in [4.69, 9.17) is 0 Å². The average Bonchev–Trinajstić information content (AvgIpc) is 2.91. The van der Waals surface area contributed by atoms with Gasteiger partial charge >= 0.3 is 0 Å². The van der Waals surface area contributed by atoms with Gasteiger partial charge in [0.2, 0.25) is 0 Å². The van der Waals surface area contributed by atoms with Crippen molar-refractivity contribution in [1.82, 2.24) is 4.98 Å². The topological polar surface area (TPSA) is 56.0 Å². The van der Waals surface area contributed by atoms with E-state index in [-0.39, 0.29) is 10.6 Å². The van der Waals surface area contributed by atoms with Gasteiger partial charge in [0.05, 0.1) is 4.92 Å². The van der Waals surface area contributed by atoms with E-state index in [2.05, 4.69) is 4.98 Å². The number of hydrogen-bond acceptors (Lipinski definition) is 3. The summed E-state index contributed by atoms with van der Waals surface area (Å²) in [5.74, 6) is 0.481. The summed E-state index contributed by atoms with van der Waals surface area (Å²) in [5.41, 5.74) is 1.63. The first-order chi connectivity index (χ1) is 8.75. The largest absolute Gasteiger partial charge is 0.295 e. The van der Waals surface area contributed by atoms with Crippen molar-refractivity contribution in [3.63, 3.8) is 0 Å². The van der Waals surface area contributed by atoms with Crippen LogP contribution >= 0.6 is 0 Å². The van der Waals surface area contributed by atoms with Gasteiger partial charge in [-0.1, -0.05) is 31.0 Å². The van der Waals surface area contributed by atoms with Crippen LogP contribution in [0.1, 0.15) is 37.3 Å². The average molecular weight is 242 g/mol. The Morgan fingerprint density at radius 3 is 2.67 bits per heavy atom. The van der Waals surface area contributed by atoms with Crippen molar-refractivity contribution in [3.8, 4) is 0 Å². The summed E-state index contributed by atoms with van der Waals surface area (Å²) in [4.78, 5) is 15.2. The highest BCUT2D eigenvalue weighted by Gasteiger charge is 2.20. The molecule has 0 N–H and O–H groups in total. The van der Waals surface area contributed by atoms with Crippen LogP contribution in [0.15, 0.2) is 30.3 Å². The summed E-state index contributed by atoms with van der Waals surface area (Å²) in [6, 6.07) is 9.06. The van der Waals surface area contributed by atoms with Crippen LogP contribution in [0.5, 0.6) is 0 Å². The molecular weight excluding hydrogens is 228 g/mol. The SMILES string of the molecule is O=[N+]([O-])c1cccc2ccc(C3CCCC3)nc12. The first kappa shape index (κ1) is 11.1. The Bertz CT molecular complexity index is 604. The van der Waals surface area contributed by atoms with Crippen molar-refractivity contribution >= 4 is 16.6 Å². The lowest BCUT2D eigenvalue weighted by atomic mass is 10.0. The fraction of sp³-hybridized carbons (Fsp3) is 0.357. The lowest BCUT2D eigenvalue weighted by Gasteiger charge is -2.09. The van der Waals surface area contributed by atoms with E-state index in [0.29, 0.717) is 11.4 Å². The molecule has 0 saturated heterocycles. The quantitative estimate of drug-likeness (QED) is 0.594. The van der Waals surface area contributed by atoms with Gasteiger partial charge in [0.1, 0.15) is 5.52 Å². The Balaban J connectivity index is 2.14. The molecule has 0 atom stereocenters. The van der Waals surface area contributed by atoms with Crippen molar-refractivity contribution < 1.29 is 4.92 Å². The minimum atomic E-state index is -0.353. The van der Waals surface area contributed by atoms with Gasteiger partial charge in [-0.25, -0.2) is 4.98 Å². The number of benzene rings is 1. The van der Waals surface area contributed by atoms with E-state index in [1.807, 2.05) is 18.2 Å². The van der Waals surface area contributed by atoms with Gasteiger partial charge in [0, 0.05) is 23.1 Å². The maximum absolute atomic E-state index is 11.0. The summed E-state index contributed by atoms with van der Waals surface area (Å²) < 4.78 is 0. The number of non-ortho nitro benzene ring substituents is 1. The molecule has 2 aromatic rings. The number of nitro benzene ring substituents is 1. The van der Waals surface area contributed by atoms with Crippen molar-refractivity contribution in [1.29, 1.82) is 0 Å². The van der Waals surface area contributed by atoms with Crippen molar-refractivity contribution in [2.24, 2.45) is 0 Å². The monoisotopic (exact) mass is 242 g/mol. The summed E-state index contributed by atoms with van der Waals surface area (Å²) in [6.07, 6.45) is 4.78. The normalized spacial score (nSPS) is 16.2. The minimum Gasteiger partial charge on any atom is -0.258 e. The molecule has 0 bridgehead atoms. The molecule has 0 aliphatic heterocycles. The Hall–Kier alpha value is -1.97. The molecular formula is C14H14N2O2.